The molecule has 7 heteroatoms. The van der Waals surface area contributed by atoms with Gasteiger partial charge in [0.15, 0.2) is 5.69 Å². The molecule has 1 amide bonds. The summed E-state index contributed by atoms with van der Waals surface area (Å²) < 4.78 is 1.96. The highest BCUT2D eigenvalue weighted by Crippen LogP contribution is 2.48. The zero-order chi connectivity index (χ0) is 17.1. The van der Waals surface area contributed by atoms with Gasteiger partial charge in [0.05, 0.1) is 11.6 Å². The second-order valence-electron chi connectivity index (χ2n) is 6.98. The van der Waals surface area contributed by atoms with Crippen molar-refractivity contribution >= 4 is 28.4 Å². The lowest BCUT2D eigenvalue weighted by Crippen LogP contribution is -2.58. The number of hydrogen-bond acceptors (Lipinski definition) is 3. The zero-order valence-electron chi connectivity index (χ0n) is 13.7. The van der Waals surface area contributed by atoms with E-state index in [-0.39, 0.29) is 17.4 Å². The topological polar surface area (TPSA) is 66.8 Å². The van der Waals surface area contributed by atoms with E-state index in [0.717, 1.165) is 16.7 Å². The summed E-state index contributed by atoms with van der Waals surface area (Å²) in [6.45, 7) is 4.96. The number of amides is 1. The molecule has 1 aliphatic rings. The van der Waals surface area contributed by atoms with Crippen molar-refractivity contribution in [2.75, 3.05) is 6.54 Å². The third-order valence-corrected chi connectivity index (χ3v) is 4.96. The molecule has 1 unspecified atom stereocenters. The van der Waals surface area contributed by atoms with E-state index in [1.54, 1.807) is 18.3 Å². The number of aromatic nitrogens is 4. The molecule has 0 aliphatic carbocycles. The molecule has 24 heavy (non-hydrogen) atoms. The molecule has 1 aromatic carbocycles. The van der Waals surface area contributed by atoms with Gasteiger partial charge in [0, 0.05) is 41.8 Å². The molecule has 1 N–H and O–H groups in total. The number of benzene rings is 1. The molecule has 3 heterocycles. The molecule has 1 saturated heterocycles. The predicted molar refractivity (Wildman–Crippen MR) is 91.9 cm³/mol. The normalized spacial score (nSPS) is 19.5. The molecular weight excluding hydrogens is 326 g/mol. The van der Waals surface area contributed by atoms with Gasteiger partial charge in [-0.05, 0) is 18.2 Å². The van der Waals surface area contributed by atoms with Crippen molar-refractivity contribution in [1.82, 2.24) is 24.6 Å². The molecule has 0 spiro atoms. The first-order chi connectivity index (χ1) is 11.4. The zero-order valence-corrected chi connectivity index (χ0v) is 14.5. The first-order valence-electron chi connectivity index (χ1n) is 7.80. The second kappa shape index (κ2) is 5.08. The summed E-state index contributed by atoms with van der Waals surface area (Å²) in [7, 11) is 1.95. The number of rotatable bonds is 2. The van der Waals surface area contributed by atoms with Crippen LogP contribution in [0.3, 0.4) is 0 Å². The van der Waals surface area contributed by atoms with E-state index in [1.165, 1.54) is 0 Å². The van der Waals surface area contributed by atoms with E-state index in [2.05, 4.69) is 29.0 Å². The number of aromatic amines is 1. The fourth-order valence-corrected chi connectivity index (χ4v) is 3.70. The molecule has 0 bridgehead atoms. The number of fused-ring (bicyclic) bond motifs is 1. The molecule has 1 atom stereocenters. The molecule has 0 saturated carbocycles. The van der Waals surface area contributed by atoms with Gasteiger partial charge in [-0.3, -0.25) is 9.89 Å². The van der Waals surface area contributed by atoms with E-state index >= 15 is 0 Å². The summed E-state index contributed by atoms with van der Waals surface area (Å²) in [5.74, 6) is 0.785. The first kappa shape index (κ1) is 15.2. The lowest BCUT2D eigenvalue weighted by Gasteiger charge is -2.53. The molecule has 1 aliphatic heterocycles. The van der Waals surface area contributed by atoms with Gasteiger partial charge in [0.25, 0.3) is 5.91 Å². The van der Waals surface area contributed by atoms with E-state index in [0.29, 0.717) is 17.3 Å². The van der Waals surface area contributed by atoms with Crippen LogP contribution in [0.4, 0.5) is 0 Å². The molecule has 3 aromatic rings. The maximum atomic E-state index is 13.1. The van der Waals surface area contributed by atoms with Crippen LogP contribution in [0.5, 0.6) is 0 Å². The number of halogens is 1. The number of imidazole rings is 1. The fraction of sp³-hybridized carbons (Fsp3) is 0.353. The Hall–Kier alpha value is -2.34. The van der Waals surface area contributed by atoms with Crippen molar-refractivity contribution in [1.29, 1.82) is 0 Å². The number of carbonyl (C=O) groups is 1. The third-order valence-electron chi connectivity index (χ3n) is 4.72. The van der Waals surface area contributed by atoms with Gasteiger partial charge in [-0.25, -0.2) is 4.98 Å². The largest absolute Gasteiger partial charge is 0.336 e. The van der Waals surface area contributed by atoms with Crippen molar-refractivity contribution in [2.24, 2.45) is 12.5 Å². The molecule has 2 aromatic heterocycles. The number of hydrogen-bond donors (Lipinski definition) is 1. The second-order valence-corrected chi connectivity index (χ2v) is 7.42. The summed E-state index contributed by atoms with van der Waals surface area (Å²) >= 11 is 6.08. The Bertz CT molecular complexity index is 942. The Morgan fingerprint density at radius 1 is 1.42 bits per heavy atom. The summed E-state index contributed by atoms with van der Waals surface area (Å²) in [4.78, 5) is 19.4. The van der Waals surface area contributed by atoms with Gasteiger partial charge in [0.2, 0.25) is 0 Å². The molecule has 124 valence electrons. The third kappa shape index (κ3) is 2.13. The summed E-state index contributed by atoms with van der Waals surface area (Å²) in [6.07, 6.45) is 3.66. The molecule has 4 rings (SSSR count). The van der Waals surface area contributed by atoms with E-state index in [9.17, 15) is 4.79 Å². The molecule has 1 fully saturated rings. The number of nitrogens with one attached hydrogen (secondary N) is 1. The minimum atomic E-state index is -0.101. The number of nitrogens with zero attached hydrogens (tertiary/aromatic N) is 4. The average molecular weight is 344 g/mol. The van der Waals surface area contributed by atoms with Crippen LogP contribution in [0.1, 0.15) is 36.2 Å². The SMILES string of the molecule is Cn1ccnc1C1N(C(=O)c2n[nH]c3ccc(Cl)cc23)CC1(C)C. The highest BCUT2D eigenvalue weighted by molar-refractivity contribution is 6.31. The van der Waals surface area contributed by atoms with Crippen LogP contribution >= 0.6 is 11.6 Å². The Kier molecular flexibility index (Phi) is 3.22. The van der Waals surface area contributed by atoms with Crippen molar-refractivity contribution in [3.8, 4) is 0 Å². The van der Waals surface area contributed by atoms with Crippen LogP contribution in [0.2, 0.25) is 5.02 Å². The summed E-state index contributed by atoms with van der Waals surface area (Å²) in [6, 6.07) is 5.31. The lowest BCUT2D eigenvalue weighted by atomic mass is 9.74. The van der Waals surface area contributed by atoms with Crippen LogP contribution in [-0.4, -0.2) is 37.1 Å². The Morgan fingerprint density at radius 2 is 2.21 bits per heavy atom. The Morgan fingerprint density at radius 3 is 2.88 bits per heavy atom. The maximum absolute atomic E-state index is 13.1. The number of likely N-dealkylation sites (tertiary alicyclic amines) is 1. The van der Waals surface area contributed by atoms with E-state index in [1.807, 2.05) is 28.8 Å². The Balaban J connectivity index is 1.74. The van der Waals surface area contributed by atoms with Gasteiger partial charge in [-0.1, -0.05) is 25.4 Å². The average Bonchev–Trinajstić information content (AvgIpc) is 3.11. The van der Waals surface area contributed by atoms with Gasteiger partial charge in [-0.2, -0.15) is 5.10 Å². The minimum absolute atomic E-state index is 0.0292. The minimum Gasteiger partial charge on any atom is -0.336 e. The fourth-order valence-electron chi connectivity index (χ4n) is 3.53. The molecule has 6 nitrogen and oxygen atoms in total. The highest BCUT2D eigenvalue weighted by Gasteiger charge is 2.51. The van der Waals surface area contributed by atoms with E-state index < -0.39 is 0 Å². The number of aryl methyl sites for hydroxylation is 1. The molecule has 0 radical (unpaired) electrons. The van der Waals surface area contributed by atoms with Gasteiger partial charge < -0.3 is 9.47 Å². The van der Waals surface area contributed by atoms with Crippen LogP contribution in [0, 0.1) is 5.41 Å². The van der Waals surface area contributed by atoms with Crippen LogP contribution in [0.25, 0.3) is 10.9 Å². The highest BCUT2D eigenvalue weighted by atomic mass is 35.5. The van der Waals surface area contributed by atoms with Crippen LogP contribution < -0.4 is 0 Å². The first-order valence-corrected chi connectivity index (χ1v) is 8.18. The number of H-pyrrole nitrogens is 1. The van der Waals surface area contributed by atoms with Gasteiger partial charge in [0.1, 0.15) is 5.82 Å². The quantitative estimate of drug-likeness (QED) is 0.777. The smallest absolute Gasteiger partial charge is 0.275 e. The summed E-state index contributed by atoms with van der Waals surface area (Å²) in [5, 5.41) is 8.46. The van der Waals surface area contributed by atoms with Crippen molar-refractivity contribution in [2.45, 2.75) is 19.9 Å². The number of carbonyl (C=O) groups excluding carboxylic acids is 1. The predicted octanol–water partition coefficient (Wildman–Crippen LogP) is 3.17. The van der Waals surface area contributed by atoms with E-state index in [4.69, 9.17) is 11.6 Å². The summed E-state index contributed by atoms with van der Waals surface area (Å²) in [5.41, 5.74) is 1.18. The Labute approximate surface area is 144 Å². The van der Waals surface area contributed by atoms with Crippen molar-refractivity contribution in [3.05, 3.63) is 47.1 Å². The monoisotopic (exact) mass is 343 g/mol. The molecular formula is C17H18ClN5O. The maximum Gasteiger partial charge on any atom is 0.275 e. The van der Waals surface area contributed by atoms with Crippen LogP contribution in [-0.2, 0) is 7.05 Å². The van der Waals surface area contributed by atoms with Crippen molar-refractivity contribution in [3.63, 3.8) is 0 Å². The van der Waals surface area contributed by atoms with Crippen molar-refractivity contribution < 1.29 is 4.79 Å². The van der Waals surface area contributed by atoms with Gasteiger partial charge in [-0.15, -0.1) is 0 Å². The van der Waals surface area contributed by atoms with Crippen LogP contribution in [0.15, 0.2) is 30.6 Å². The standard InChI is InChI=1S/C17H18ClN5O/c1-17(2)9-23(14(17)15-19-6-7-22(15)3)16(24)13-11-8-10(18)4-5-12(11)20-21-13/h4-8,14H,9H2,1-3H3,(H,20,21). The lowest BCUT2D eigenvalue weighted by molar-refractivity contribution is -0.0377. The van der Waals surface area contributed by atoms with Gasteiger partial charge >= 0.3 is 0 Å².